The minimum absolute atomic E-state index is 0.275. The number of aryl methyl sites for hydroxylation is 1. The molecule has 0 bridgehead atoms. The van der Waals surface area contributed by atoms with Crippen LogP contribution in [-0.2, 0) is 6.54 Å². The molecule has 0 fully saturated rings. The van der Waals surface area contributed by atoms with E-state index in [4.69, 9.17) is 11.6 Å². The van der Waals surface area contributed by atoms with Crippen LogP contribution in [0.4, 0.5) is 4.39 Å². The fraction of sp³-hybridized carbons (Fsp3) is 0.154. The fourth-order valence-electron chi connectivity index (χ4n) is 1.82. The molecule has 21 heavy (non-hydrogen) atoms. The Balaban J connectivity index is 1.95. The van der Waals surface area contributed by atoms with Crippen LogP contribution in [0.15, 0.2) is 31.0 Å². The topological polar surface area (TPSA) is 69.4 Å². The van der Waals surface area contributed by atoms with E-state index in [1.807, 2.05) is 0 Å². The Bertz CT molecular complexity index is 753. The molecule has 0 unspecified atom stereocenters. The van der Waals surface area contributed by atoms with Crippen molar-refractivity contribution >= 4 is 11.6 Å². The van der Waals surface area contributed by atoms with Gasteiger partial charge in [0.05, 0.1) is 23.3 Å². The maximum Gasteiger partial charge on any atom is 0.231 e. The second-order valence-electron chi connectivity index (χ2n) is 4.35. The van der Waals surface area contributed by atoms with Crippen molar-refractivity contribution in [2.45, 2.75) is 13.5 Å². The van der Waals surface area contributed by atoms with Crippen LogP contribution in [0.1, 0.15) is 11.6 Å². The highest BCUT2D eigenvalue weighted by molar-refractivity contribution is 6.30. The first kappa shape index (κ1) is 13.6. The van der Waals surface area contributed by atoms with Crippen LogP contribution in [-0.4, -0.2) is 29.5 Å². The molecule has 8 heteroatoms. The Morgan fingerprint density at radius 3 is 2.43 bits per heavy atom. The second-order valence-corrected chi connectivity index (χ2v) is 4.79. The molecule has 106 valence electrons. The lowest BCUT2D eigenvalue weighted by Gasteiger charge is -2.06. The number of hydrogen-bond acceptors (Lipinski definition) is 5. The third-order valence-corrected chi connectivity index (χ3v) is 2.97. The Morgan fingerprint density at radius 1 is 1.10 bits per heavy atom. The largest absolute Gasteiger partial charge is 0.320 e. The first-order chi connectivity index (χ1) is 10.1. The highest BCUT2D eigenvalue weighted by atomic mass is 35.5. The molecule has 0 aliphatic heterocycles. The van der Waals surface area contributed by atoms with Crippen LogP contribution >= 0.6 is 11.6 Å². The van der Waals surface area contributed by atoms with E-state index in [0.29, 0.717) is 28.1 Å². The molecule has 0 saturated carbocycles. The molecule has 0 spiro atoms. The molecule has 3 aromatic heterocycles. The first-order valence-corrected chi connectivity index (χ1v) is 6.48. The minimum atomic E-state index is -0.584. The quantitative estimate of drug-likeness (QED) is 0.742. The van der Waals surface area contributed by atoms with Crippen molar-refractivity contribution in [1.29, 1.82) is 0 Å². The van der Waals surface area contributed by atoms with Crippen LogP contribution in [0.2, 0.25) is 5.02 Å². The lowest BCUT2D eigenvalue weighted by Crippen LogP contribution is -2.05. The van der Waals surface area contributed by atoms with E-state index in [-0.39, 0.29) is 6.54 Å². The standard InChI is InChI=1S/C13H10ClFN6/c1-8-16-2-9(3-17-8)13-20-11(15)6-21(13)7-12-18-4-10(14)5-19-12/h2-6H,7H2,1H3. The summed E-state index contributed by atoms with van der Waals surface area (Å²) in [5.41, 5.74) is 0.624. The molecule has 0 aliphatic rings. The molecule has 0 radical (unpaired) electrons. The van der Waals surface area contributed by atoms with E-state index in [2.05, 4.69) is 24.9 Å². The van der Waals surface area contributed by atoms with Crippen molar-refractivity contribution in [3.8, 4) is 11.4 Å². The van der Waals surface area contributed by atoms with Crippen LogP contribution in [0.25, 0.3) is 11.4 Å². The summed E-state index contributed by atoms with van der Waals surface area (Å²) >= 11 is 5.74. The molecule has 6 nitrogen and oxygen atoms in total. The van der Waals surface area contributed by atoms with Crippen molar-refractivity contribution in [2.75, 3.05) is 0 Å². The monoisotopic (exact) mass is 304 g/mol. The third kappa shape index (κ3) is 3.03. The Morgan fingerprint density at radius 2 is 1.76 bits per heavy atom. The predicted molar refractivity (Wildman–Crippen MR) is 74.1 cm³/mol. The molecule has 0 amide bonds. The summed E-state index contributed by atoms with van der Waals surface area (Å²) in [4.78, 5) is 20.2. The summed E-state index contributed by atoms with van der Waals surface area (Å²) in [6.07, 6.45) is 7.47. The van der Waals surface area contributed by atoms with Gasteiger partial charge in [-0.3, -0.25) is 0 Å². The zero-order valence-corrected chi connectivity index (χ0v) is 11.8. The molecule has 3 aromatic rings. The van der Waals surface area contributed by atoms with Crippen LogP contribution < -0.4 is 0 Å². The van der Waals surface area contributed by atoms with Gasteiger partial charge in [-0.1, -0.05) is 11.6 Å². The van der Waals surface area contributed by atoms with Gasteiger partial charge in [0, 0.05) is 24.8 Å². The summed E-state index contributed by atoms with van der Waals surface area (Å²) in [6.45, 7) is 2.05. The van der Waals surface area contributed by atoms with Crippen LogP contribution in [0.5, 0.6) is 0 Å². The van der Waals surface area contributed by atoms with E-state index in [1.165, 1.54) is 18.6 Å². The van der Waals surface area contributed by atoms with Crippen molar-refractivity contribution in [3.05, 3.63) is 53.6 Å². The van der Waals surface area contributed by atoms with Gasteiger partial charge in [0.25, 0.3) is 0 Å². The van der Waals surface area contributed by atoms with Crippen LogP contribution in [0, 0.1) is 12.9 Å². The number of nitrogens with zero attached hydrogens (tertiary/aromatic N) is 6. The summed E-state index contributed by atoms with van der Waals surface area (Å²) in [6, 6.07) is 0. The van der Waals surface area contributed by atoms with E-state index in [0.717, 1.165) is 0 Å². The van der Waals surface area contributed by atoms with Crippen molar-refractivity contribution in [3.63, 3.8) is 0 Å². The highest BCUT2D eigenvalue weighted by Crippen LogP contribution is 2.18. The molecule has 3 rings (SSSR count). The Labute approximate surface area is 124 Å². The molecule has 0 aliphatic carbocycles. The third-order valence-electron chi connectivity index (χ3n) is 2.77. The zero-order chi connectivity index (χ0) is 14.8. The summed E-state index contributed by atoms with van der Waals surface area (Å²) < 4.78 is 15.1. The Kier molecular flexibility index (Phi) is 3.57. The minimum Gasteiger partial charge on any atom is -0.320 e. The van der Waals surface area contributed by atoms with Gasteiger partial charge in [-0.25, -0.2) is 24.9 Å². The average molecular weight is 305 g/mol. The van der Waals surface area contributed by atoms with E-state index in [1.54, 1.807) is 23.9 Å². The van der Waals surface area contributed by atoms with E-state index < -0.39 is 5.95 Å². The number of aromatic nitrogens is 6. The lowest BCUT2D eigenvalue weighted by atomic mass is 10.3. The molecule has 3 heterocycles. The smallest absolute Gasteiger partial charge is 0.231 e. The summed E-state index contributed by atoms with van der Waals surface area (Å²) in [5, 5.41) is 0.447. The molecule has 0 aromatic carbocycles. The number of imidazole rings is 1. The van der Waals surface area contributed by atoms with Gasteiger partial charge in [-0.05, 0) is 6.92 Å². The van der Waals surface area contributed by atoms with Gasteiger partial charge >= 0.3 is 0 Å². The second kappa shape index (κ2) is 5.53. The molecular formula is C13H10ClFN6. The first-order valence-electron chi connectivity index (χ1n) is 6.10. The highest BCUT2D eigenvalue weighted by Gasteiger charge is 2.12. The number of halogens is 2. The predicted octanol–water partition coefficient (Wildman–Crippen LogP) is 2.28. The van der Waals surface area contributed by atoms with Gasteiger partial charge in [0.1, 0.15) is 17.5 Å². The number of hydrogen-bond donors (Lipinski definition) is 0. The summed E-state index contributed by atoms with van der Waals surface area (Å²) in [7, 11) is 0. The Hall–Kier alpha value is -2.41. The van der Waals surface area contributed by atoms with Crippen molar-refractivity contribution in [1.82, 2.24) is 29.5 Å². The molecule has 0 saturated heterocycles. The van der Waals surface area contributed by atoms with E-state index in [9.17, 15) is 4.39 Å². The fourth-order valence-corrected chi connectivity index (χ4v) is 1.91. The van der Waals surface area contributed by atoms with Gasteiger partial charge in [-0.2, -0.15) is 4.39 Å². The van der Waals surface area contributed by atoms with Gasteiger partial charge < -0.3 is 4.57 Å². The average Bonchev–Trinajstić information content (AvgIpc) is 2.83. The van der Waals surface area contributed by atoms with Crippen molar-refractivity contribution in [2.24, 2.45) is 0 Å². The molecule has 0 N–H and O–H groups in total. The van der Waals surface area contributed by atoms with Crippen molar-refractivity contribution < 1.29 is 4.39 Å². The normalized spacial score (nSPS) is 10.8. The van der Waals surface area contributed by atoms with Gasteiger partial charge in [-0.15, -0.1) is 0 Å². The maximum absolute atomic E-state index is 13.5. The van der Waals surface area contributed by atoms with Crippen LogP contribution in [0.3, 0.4) is 0 Å². The van der Waals surface area contributed by atoms with E-state index >= 15 is 0 Å². The van der Waals surface area contributed by atoms with Gasteiger partial charge in [0.2, 0.25) is 5.95 Å². The maximum atomic E-state index is 13.5. The van der Waals surface area contributed by atoms with Gasteiger partial charge in [0.15, 0.2) is 0 Å². The lowest BCUT2D eigenvalue weighted by molar-refractivity contribution is 0.587. The zero-order valence-electron chi connectivity index (χ0n) is 11.0. The molecular weight excluding hydrogens is 295 g/mol. The summed E-state index contributed by atoms with van der Waals surface area (Å²) in [5.74, 6) is 0.982. The SMILES string of the molecule is Cc1ncc(-c2nc(F)cn2Cc2ncc(Cl)cn2)cn1. The molecule has 0 atom stereocenters. The number of rotatable bonds is 3.